The molecule has 5 nitrogen and oxygen atoms in total. The number of likely N-dealkylation sites (tertiary alicyclic amines) is 1. The van der Waals surface area contributed by atoms with Crippen LogP contribution in [0.3, 0.4) is 0 Å². The second-order valence-corrected chi connectivity index (χ2v) is 5.62. The number of aliphatic carboxylic acids is 1. The summed E-state index contributed by atoms with van der Waals surface area (Å²) in [7, 11) is 0. The van der Waals surface area contributed by atoms with E-state index in [4.69, 9.17) is 10.8 Å². The third-order valence-corrected chi connectivity index (χ3v) is 4.46. The molecule has 102 valence electrons. The number of carboxylic acid groups (broad SMARTS) is 1. The lowest BCUT2D eigenvalue weighted by atomic mass is 9.83. The van der Waals surface area contributed by atoms with Crippen LogP contribution in [0.15, 0.2) is 0 Å². The zero-order valence-corrected chi connectivity index (χ0v) is 10.7. The number of carbonyl (C=O) groups excluding carboxylic acids is 1. The van der Waals surface area contributed by atoms with Gasteiger partial charge in [0.2, 0.25) is 5.91 Å². The van der Waals surface area contributed by atoms with E-state index < -0.39 is 17.3 Å². The lowest BCUT2D eigenvalue weighted by molar-refractivity contribution is -0.149. The van der Waals surface area contributed by atoms with Gasteiger partial charge in [-0.1, -0.05) is 12.8 Å². The van der Waals surface area contributed by atoms with Gasteiger partial charge < -0.3 is 15.7 Å². The van der Waals surface area contributed by atoms with E-state index in [1.54, 1.807) is 4.90 Å². The summed E-state index contributed by atoms with van der Waals surface area (Å²) in [5.41, 5.74) is 5.40. The van der Waals surface area contributed by atoms with E-state index >= 15 is 0 Å². The smallest absolute Gasteiger partial charge is 0.308 e. The average Bonchev–Trinajstić information content (AvgIpc) is 2.88. The molecule has 2 aliphatic rings. The normalized spacial score (nSPS) is 27.2. The van der Waals surface area contributed by atoms with E-state index in [-0.39, 0.29) is 5.91 Å². The molecular formula is C13H22N2O3. The first-order valence-electron chi connectivity index (χ1n) is 6.81. The van der Waals surface area contributed by atoms with Gasteiger partial charge in [-0.25, -0.2) is 0 Å². The van der Waals surface area contributed by atoms with Gasteiger partial charge in [0.1, 0.15) is 0 Å². The standard InChI is InChI=1S/C13H22N2O3/c14-9-13(5-1-2-6-13)12(18)15-7-3-4-10(8-15)11(16)17/h10H,1-9,14H2,(H,16,17). The first-order valence-corrected chi connectivity index (χ1v) is 6.81. The molecule has 0 aromatic rings. The summed E-state index contributed by atoms with van der Waals surface area (Å²) >= 11 is 0. The van der Waals surface area contributed by atoms with Crippen molar-refractivity contribution in [2.45, 2.75) is 38.5 Å². The SMILES string of the molecule is NCC1(C(=O)N2CCCC(C(=O)O)C2)CCCC1. The van der Waals surface area contributed by atoms with E-state index in [1.165, 1.54) is 0 Å². The second-order valence-electron chi connectivity index (χ2n) is 5.62. The molecule has 5 heteroatoms. The van der Waals surface area contributed by atoms with Crippen LogP contribution in [0.5, 0.6) is 0 Å². The minimum absolute atomic E-state index is 0.0912. The molecule has 0 aromatic heterocycles. The molecule has 1 saturated heterocycles. The quantitative estimate of drug-likeness (QED) is 0.781. The maximum atomic E-state index is 12.6. The Balaban J connectivity index is 2.06. The van der Waals surface area contributed by atoms with Crippen molar-refractivity contribution in [2.24, 2.45) is 17.1 Å². The summed E-state index contributed by atoms with van der Waals surface area (Å²) in [6, 6.07) is 0. The Hall–Kier alpha value is -1.10. The van der Waals surface area contributed by atoms with E-state index in [0.29, 0.717) is 26.1 Å². The fourth-order valence-electron chi connectivity index (χ4n) is 3.26. The number of amides is 1. The third kappa shape index (κ3) is 2.36. The molecule has 1 aliphatic heterocycles. The molecular weight excluding hydrogens is 232 g/mol. The average molecular weight is 254 g/mol. The molecule has 0 radical (unpaired) electrons. The molecule has 0 aromatic carbocycles. The maximum absolute atomic E-state index is 12.6. The van der Waals surface area contributed by atoms with Gasteiger partial charge in [-0.15, -0.1) is 0 Å². The van der Waals surface area contributed by atoms with Gasteiger partial charge in [0.15, 0.2) is 0 Å². The molecule has 1 heterocycles. The van der Waals surface area contributed by atoms with Crippen LogP contribution in [0, 0.1) is 11.3 Å². The number of nitrogens with two attached hydrogens (primary N) is 1. The highest BCUT2D eigenvalue weighted by atomic mass is 16.4. The minimum atomic E-state index is -0.791. The minimum Gasteiger partial charge on any atom is -0.481 e. The summed E-state index contributed by atoms with van der Waals surface area (Å²) in [5.74, 6) is -1.10. The Bertz CT molecular complexity index is 337. The zero-order valence-electron chi connectivity index (χ0n) is 10.7. The van der Waals surface area contributed by atoms with Crippen LogP contribution < -0.4 is 5.73 Å². The van der Waals surface area contributed by atoms with Crippen molar-refractivity contribution in [1.29, 1.82) is 0 Å². The van der Waals surface area contributed by atoms with Crippen molar-refractivity contribution in [1.82, 2.24) is 4.90 Å². The summed E-state index contributed by atoms with van der Waals surface area (Å²) in [5, 5.41) is 9.06. The summed E-state index contributed by atoms with van der Waals surface area (Å²) in [6.07, 6.45) is 5.28. The zero-order chi connectivity index (χ0) is 13.2. The fraction of sp³-hybridized carbons (Fsp3) is 0.846. The van der Waals surface area contributed by atoms with Gasteiger partial charge in [0, 0.05) is 19.6 Å². The molecule has 1 unspecified atom stereocenters. The number of hydrogen-bond donors (Lipinski definition) is 2. The van der Waals surface area contributed by atoms with Crippen molar-refractivity contribution in [3.63, 3.8) is 0 Å². The molecule has 3 N–H and O–H groups in total. The van der Waals surface area contributed by atoms with Crippen molar-refractivity contribution in [2.75, 3.05) is 19.6 Å². The Morgan fingerprint density at radius 2 is 1.94 bits per heavy atom. The molecule has 0 spiro atoms. The van der Waals surface area contributed by atoms with Crippen LogP contribution in [0.2, 0.25) is 0 Å². The van der Waals surface area contributed by atoms with E-state index in [9.17, 15) is 9.59 Å². The van der Waals surface area contributed by atoms with Crippen LogP contribution in [0.1, 0.15) is 38.5 Å². The van der Waals surface area contributed by atoms with Crippen molar-refractivity contribution in [3.05, 3.63) is 0 Å². The molecule has 18 heavy (non-hydrogen) atoms. The number of carboxylic acids is 1. The second kappa shape index (κ2) is 5.26. The van der Waals surface area contributed by atoms with Crippen LogP contribution in [-0.4, -0.2) is 41.5 Å². The number of nitrogens with zero attached hydrogens (tertiary/aromatic N) is 1. The highest BCUT2D eigenvalue weighted by Gasteiger charge is 2.43. The van der Waals surface area contributed by atoms with Crippen LogP contribution in [-0.2, 0) is 9.59 Å². The summed E-state index contributed by atoms with van der Waals surface area (Å²) < 4.78 is 0. The number of hydrogen-bond acceptors (Lipinski definition) is 3. The van der Waals surface area contributed by atoms with E-state index in [2.05, 4.69) is 0 Å². The molecule has 1 aliphatic carbocycles. The fourth-order valence-corrected chi connectivity index (χ4v) is 3.26. The van der Waals surface area contributed by atoms with Gasteiger partial charge in [-0.3, -0.25) is 9.59 Å². The van der Waals surface area contributed by atoms with Gasteiger partial charge in [-0.2, -0.15) is 0 Å². The summed E-state index contributed by atoms with van der Waals surface area (Å²) in [4.78, 5) is 25.3. The maximum Gasteiger partial charge on any atom is 0.308 e. The van der Waals surface area contributed by atoms with Crippen LogP contribution in [0.25, 0.3) is 0 Å². The summed E-state index contributed by atoms with van der Waals surface area (Å²) in [6.45, 7) is 1.43. The Labute approximate surface area is 107 Å². The van der Waals surface area contributed by atoms with E-state index in [0.717, 1.165) is 32.1 Å². The number of piperidine rings is 1. The van der Waals surface area contributed by atoms with Crippen LogP contribution >= 0.6 is 0 Å². The predicted octanol–water partition coefficient (Wildman–Crippen LogP) is 0.829. The van der Waals surface area contributed by atoms with Crippen molar-refractivity contribution < 1.29 is 14.7 Å². The van der Waals surface area contributed by atoms with Gasteiger partial charge in [0.25, 0.3) is 0 Å². The number of rotatable bonds is 3. The monoisotopic (exact) mass is 254 g/mol. The number of carbonyl (C=O) groups is 2. The topological polar surface area (TPSA) is 83.6 Å². The molecule has 1 atom stereocenters. The Morgan fingerprint density at radius 3 is 2.50 bits per heavy atom. The molecule has 2 fully saturated rings. The van der Waals surface area contributed by atoms with Gasteiger partial charge >= 0.3 is 5.97 Å². The molecule has 1 amide bonds. The lowest BCUT2D eigenvalue weighted by Gasteiger charge is -2.37. The first kappa shape index (κ1) is 13.3. The molecule has 2 rings (SSSR count). The van der Waals surface area contributed by atoms with Crippen LogP contribution in [0.4, 0.5) is 0 Å². The lowest BCUT2D eigenvalue weighted by Crippen LogP contribution is -2.51. The highest BCUT2D eigenvalue weighted by molar-refractivity contribution is 5.84. The third-order valence-electron chi connectivity index (χ3n) is 4.46. The first-order chi connectivity index (χ1) is 8.59. The Morgan fingerprint density at radius 1 is 1.28 bits per heavy atom. The van der Waals surface area contributed by atoms with Gasteiger partial charge in [0.05, 0.1) is 11.3 Å². The van der Waals surface area contributed by atoms with Crippen molar-refractivity contribution in [3.8, 4) is 0 Å². The Kier molecular flexibility index (Phi) is 3.90. The molecule has 1 saturated carbocycles. The van der Waals surface area contributed by atoms with E-state index in [1.807, 2.05) is 0 Å². The van der Waals surface area contributed by atoms with Gasteiger partial charge in [-0.05, 0) is 25.7 Å². The largest absolute Gasteiger partial charge is 0.481 e. The molecule has 0 bridgehead atoms. The predicted molar refractivity (Wildman–Crippen MR) is 66.9 cm³/mol. The highest BCUT2D eigenvalue weighted by Crippen LogP contribution is 2.39. The van der Waals surface area contributed by atoms with Crippen molar-refractivity contribution >= 4 is 11.9 Å².